The highest BCUT2D eigenvalue weighted by Crippen LogP contribution is 2.29. The number of rotatable bonds is 5. The Kier molecular flexibility index (Phi) is 5.58. The Balaban J connectivity index is 1.77. The predicted molar refractivity (Wildman–Crippen MR) is 104 cm³/mol. The van der Waals surface area contributed by atoms with Crippen LogP contribution in [-0.4, -0.2) is 33.6 Å². The molecule has 1 N–H and O–H groups in total. The summed E-state index contributed by atoms with van der Waals surface area (Å²) in [6.45, 7) is 4.25. The van der Waals surface area contributed by atoms with Gasteiger partial charge in [0, 0.05) is 18.1 Å². The van der Waals surface area contributed by atoms with Crippen molar-refractivity contribution in [2.24, 2.45) is 5.92 Å². The third-order valence-electron chi connectivity index (χ3n) is 4.55. The molecule has 1 aliphatic heterocycles. The van der Waals surface area contributed by atoms with E-state index in [2.05, 4.69) is 21.5 Å². The van der Waals surface area contributed by atoms with Crippen molar-refractivity contribution in [3.05, 3.63) is 41.6 Å². The van der Waals surface area contributed by atoms with Crippen molar-refractivity contribution in [1.29, 1.82) is 0 Å². The van der Waals surface area contributed by atoms with E-state index in [1.54, 1.807) is 18.3 Å². The average Bonchev–Trinajstić information content (AvgIpc) is 2.63. The van der Waals surface area contributed by atoms with Gasteiger partial charge in [-0.1, -0.05) is 18.5 Å². The number of piperidine rings is 1. The number of aromatic nitrogens is 1. The van der Waals surface area contributed by atoms with Gasteiger partial charge in [0.05, 0.1) is 19.0 Å². The summed E-state index contributed by atoms with van der Waals surface area (Å²) in [5.41, 5.74) is 1.00. The first-order valence-electron chi connectivity index (χ1n) is 8.46. The Bertz CT molecular complexity index is 864. The van der Waals surface area contributed by atoms with E-state index in [0.29, 0.717) is 5.02 Å². The van der Waals surface area contributed by atoms with Crippen molar-refractivity contribution >= 4 is 33.1 Å². The molecule has 140 valence electrons. The summed E-state index contributed by atoms with van der Waals surface area (Å²) in [5, 5.41) is 0.314. The van der Waals surface area contributed by atoms with Crippen molar-refractivity contribution in [2.45, 2.75) is 24.7 Å². The maximum absolute atomic E-state index is 12.7. The summed E-state index contributed by atoms with van der Waals surface area (Å²) >= 11 is 5.93. The standard InChI is InChI=1S/C18H22ClN3O3S/c1-13-7-9-22(10-8-13)15-4-6-18(20-12-15)21-26(23,24)17-11-14(19)3-5-16(17)25-2/h3-6,11-13H,7-10H2,1-2H3,(H,20,21). The third-order valence-corrected chi connectivity index (χ3v) is 6.16. The van der Waals surface area contributed by atoms with Crippen LogP contribution < -0.4 is 14.4 Å². The summed E-state index contributed by atoms with van der Waals surface area (Å²) < 4.78 is 32.9. The van der Waals surface area contributed by atoms with Gasteiger partial charge in [0.15, 0.2) is 0 Å². The first-order chi connectivity index (χ1) is 12.4. The quantitative estimate of drug-likeness (QED) is 0.834. The molecule has 0 amide bonds. The minimum absolute atomic E-state index is 0.0246. The van der Waals surface area contributed by atoms with E-state index < -0.39 is 10.0 Å². The summed E-state index contributed by atoms with van der Waals surface area (Å²) in [6, 6.07) is 8.00. The normalized spacial score (nSPS) is 15.7. The van der Waals surface area contributed by atoms with E-state index >= 15 is 0 Å². The molecule has 2 aromatic rings. The number of methoxy groups -OCH3 is 1. The zero-order valence-electron chi connectivity index (χ0n) is 14.8. The molecule has 1 aliphatic rings. The molecule has 0 atom stereocenters. The molecular weight excluding hydrogens is 374 g/mol. The lowest BCUT2D eigenvalue weighted by atomic mass is 9.99. The molecule has 1 fully saturated rings. The molecule has 1 aromatic carbocycles. The minimum Gasteiger partial charge on any atom is -0.495 e. The highest BCUT2D eigenvalue weighted by Gasteiger charge is 2.21. The van der Waals surface area contributed by atoms with Crippen LogP contribution in [-0.2, 0) is 10.0 Å². The summed E-state index contributed by atoms with van der Waals surface area (Å²) in [4.78, 5) is 6.50. The topological polar surface area (TPSA) is 71.5 Å². The zero-order chi connectivity index (χ0) is 18.7. The number of pyridine rings is 1. The third kappa shape index (κ3) is 4.22. The number of nitrogens with one attached hydrogen (secondary N) is 1. The number of hydrogen-bond acceptors (Lipinski definition) is 5. The van der Waals surface area contributed by atoms with Crippen LogP contribution in [0.25, 0.3) is 0 Å². The van der Waals surface area contributed by atoms with E-state index in [1.165, 1.54) is 19.2 Å². The lowest BCUT2D eigenvalue weighted by Crippen LogP contribution is -2.32. The molecular formula is C18H22ClN3O3S. The Morgan fingerprint density at radius 1 is 1.23 bits per heavy atom. The SMILES string of the molecule is COc1ccc(Cl)cc1S(=O)(=O)Nc1ccc(N2CCC(C)CC2)cn1. The fourth-order valence-electron chi connectivity index (χ4n) is 2.95. The smallest absolute Gasteiger partial charge is 0.266 e. The van der Waals surface area contributed by atoms with Gasteiger partial charge in [0.25, 0.3) is 10.0 Å². The first kappa shape index (κ1) is 18.8. The molecule has 0 radical (unpaired) electrons. The van der Waals surface area contributed by atoms with Gasteiger partial charge < -0.3 is 9.64 Å². The van der Waals surface area contributed by atoms with Crippen molar-refractivity contribution in [3.63, 3.8) is 0 Å². The number of ether oxygens (including phenoxy) is 1. The highest BCUT2D eigenvalue weighted by molar-refractivity contribution is 7.92. The van der Waals surface area contributed by atoms with Crippen LogP contribution in [0.5, 0.6) is 5.75 Å². The van der Waals surface area contributed by atoms with Gasteiger partial charge in [-0.15, -0.1) is 0 Å². The largest absolute Gasteiger partial charge is 0.495 e. The van der Waals surface area contributed by atoms with E-state index in [4.69, 9.17) is 16.3 Å². The lowest BCUT2D eigenvalue weighted by Gasteiger charge is -2.31. The van der Waals surface area contributed by atoms with Gasteiger partial charge in [-0.05, 0) is 49.1 Å². The number of benzene rings is 1. The van der Waals surface area contributed by atoms with Crippen LogP contribution in [0.15, 0.2) is 41.4 Å². The van der Waals surface area contributed by atoms with Crippen LogP contribution in [0.2, 0.25) is 5.02 Å². The number of hydrogen-bond donors (Lipinski definition) is 1. The Hall–Kier alpha value is -1.99. The van der Waals surface area contributed by atoms with Crippen molar-refractivity contribution in [3.8, 4) is 5.75 Å². The maximum Gasteiger partial charge on any atom is 0.266 e. The van der Waals surface area contributed by atoms with Crippen LogP contribution in [0.4, 0.5) is 11.5 Å². The maximum atomic E-state index is 12.7. The molecule has 0 spiro atoms. The van der Waals surface area contributed by atoms with E-state index in [9.17, 15) is 8.42 Å². The number of sulfonamides is 1. The second kappa shape index (κ2) is 7.72. The second-order valence-electron chi connectivity index (χ2n) is 6.47. The molecule has 0 saturated carbocycles. The molecule has 1 aromatic heterocycles. The molecule has 0 unspecified atom stereocenters. The minimum atomic E-state index is -3.86. The van der Waals surface area contributed by atoms with Crippen LogP contribution in [0.3, 0.4) is 0 Å². The van der Waals surface area contributed by atoms with Gasteiger partial charge in [0.1, 0.15) is 16.5 Å². The lowest BCUT2D eigenvalue weighted by molar-refractivity contribution is 0.403. The fourth-order valence-corrected chi connectivity index (χ4v) is 4.39. The Morgan fingerprint density at radius 3 is 2.58 bits per heavy atom. The van der Waals surface area contributed by atoms with Gasteiger partial charge in [0.2, 0.25) is 0 Å². The average molecular weight is 396 g/mol. The van der Waals surface area contributed by atoms with Crippen LogP contribution >= 0.6 is 11.6 Å². The van der Waals surface area contributed by atoms with Gasteiger partial charge in [-0.2, -0.15) is 0 Å². The van der Waals surface area contributed by atoms with E-state index in [0.717, 1.165) is 37.5 Å². The number of anilines is 2. The van der Waals surface area contributed by atoms with Gasteiger partial charge >= 0.3 is 0 Å². The summed E-state index contributed by atoms with van der Waals surface area (Å²) in [6.07, 6.45) is 4.01. The highest BCUT2D eigenvalue weighted by atomic mass is 35.5. The van der Waals surface area contributed by atoms with E-state index in [-0.39, 0.29) is 16.5 Å². The van der Waals surface area contributed by atoms with Crippen LogP contribution in [0.1, 0.15) is 19.8 Å². The van der Waals surface area contributed by atoms with Gasteiger partial charge in [-0.25, -0.2) is 13.4 Å². The van der Waals surface area contributed by atoms with Crippen molar-refractivity contribution in [1.82, 2.24) is 4.98 Å². The molecule has 26 heavy (non-hydrogen) atoms. The molecule has 2 heterocycles. The Morgan fingerprint density at radius 2 is 1.96 bits per heavy atom. The zero-order valence-corrected chi connectivity index (χ0v) is 16.3. The predicted octanol–water partition coefficient (Wildman–Crippen LogP) is 3.78. The van der Waals surface area contributed by atoms with Crippen molar-refractivity contribution in [2.75, 3.05) is 29.8 Å². The van der Waals surface area contributed by atoms with Gasteiger partial charge in [-0.3, -0.25) is 4.72 Å². The summed E-state index contributed by atoms with van der Waals surface area (Å²) in [5.74, 6) is 1.22. The molecule has 0 aliphatic carbocycles. The Labute approximate surface area is 159 Å². The number of nitrogens with zero attached hydrogens (tertiary/aromatic N) is 2. The fraction of sp³-hybridized carbons (Fsp3) is 0.389. The monoisotopic (exact) mass is 395 g/mol. The molecule has 1 saturated heterocycles. The van der Waals surface area contributed by atoms with Crippen LogP contribution in [0, 0.1) is 5.92 Å². The summed E-state index contributed by atoms with van der Waals surface area (Å²) in [7, 11) is -2.45. The number of halogens is 1. The second-order valence-corrected chi connectivity index (χ2v) is 8.56. The first-order valence-corrected chi connectivity index (χ1v) is 10.3. The van der Waals surface area contributed by atoms with Crippen molar-refractivity contribution < 1.29 is 13.2 Å². The molecule has 0 bridgehead atoms. The molecule has 6 nitrogen and oxygen atoms in total. The molecule has 3 rings (SSSR count). The van der Waals surface area contributed by atoms with E-state index in [1.807, 2.05) is 6.07 Å². The molecule has 8 heteroatoms.